The summed E-state index contributed by atoms with van der Waals surface area (Å²) in [6.45, 7) is 1.74. The Labute approximate surface area is 77.9 Å². The van der Waals surface area contributed by atoms with E-state index in [-0.39, 0.29) is 11.5 Å². The van der Waals surface area contributed by atoms with Crippen molar-refractivity contribution in [1.29, 1.82) is 0 Å². The first-order chi connectivity index (χ1) is 5.88. The molecule has 0 amide bonds. The highest BCUT2D eigenvalue weighted by Crippen LogP contribution is 2.17. The minimum Gasteiger partial charge on any atom is -0.508 e. The zero-order chi connectivity index (χ0) is 10.1. The van der Waals surface area contributed by atoms with Crippen molar-refractivity contribution in [1.82, 2.24) is 0 Å². The summed E-state index contributed by atoms with van der Waals surface area (Å²) in [5.74, 6) is 0.214. The van der Waals surface area contributed by atoms with Crippen LogP contribution in [-0.4, -0.2) is 19.8 Å². The maximum atomic E-state index is 10.9. The Balaban J connectivity index is 2.99. The van der Waals surface area contributed by atoms with Crippen LogP contribution in [0.2, 0.25) is 0 Å². The SMILES string of the molecule is Cc1cc(CS(C)(=O)=O)ccc1O. The standard InChI is InChI=1S/C9H12O3S/c1-7-5-8(3-4-9(7)10)6-13(2,11)12/h3-5,10H,6H2,1-2H3. The molecule has 0 fully saturated rings. The van der Waals surface area contributed by atoms with Crippen LogP contribution in [0, 0.1) is 6.92 Å². The molecule has 1 aromatic rings. The second-order valence-corrected chi connectivity index (χ2v) is 5.33. The largest absolute Gasteiger partial charge is 0.508 e. The first-order valence-electron chi connectivity index (χ1n) is 3.85. The van der Waals surface area contributed by atoms with E-state index in [2.05, 4.69) is 0 Å². The van der Waals surface area contributed by atoms with Crippen molar-refractivity contribution in [3.63, 3.8) is 0 Å². The molecule has 1 N–H and O–H groups in total. The number of hydrogen-bond acceptors (Lipinski definition) is 3. The number of benzene rings is 1. The van der Waals surface area contributed by atoms with Crippen LogP contribution in [-0.2, 0) is 15.6 Å². The molecule has 0 saturated heterocycles. The van der Waals surface area contributed by atoms with Crippen molar-refractivity contribution in [3.8, 4) is 5.75 Å². The maximum Gasteiger partial charge on any atom is 0.151 e. The van der Waals surface area contributed by atoms with Crippen LogP contribution in [0.1, 0.15) is 11.1 Å². The molecule has 0 heterocycles. The topological polar surface area (TPSA) is 54.4 Å². The molecular formula is C9H12O3S. The highest BCUT2D eigenvalue weighted by atomic mass is 32.2. The van der Waals surface area contributed by atoms with Gasteiger partial charge in [-0.05, 0) is 24.1 Å². The van der Waals surface area contributed by atoms with Gasteiger partial charge in [0.2, 0.25) is 0 Å². The van der Waals surface area contributed by atoms with Crippen LogP contribution in [0.3, 0.4) is 0 Å². The third kappa shape index (κ3) is 3.06. The quantitative estimate of drug-likeness (QED) is 0.781. The lowest BCUT2D eigenvalue weighted by Crippen LogP contribution is -2.00. The summed E-state index contributed by atoms with van der Waals surface area (Å²) >= 11 is 0. The van der Waals surface area contributed by atoms with E-state index in [1.165, 1.54) is 12.3 Å². The third-order valence-electron chi connectivity index (χ3n) is 1.69. The smallest absolute Gasteiger partial charge is 0.151 e. The summed E-state index contributed by atoms with van der Waals surface area (Å²) in [4.78, 5) is 0. The van der Waals surface area contributed by atoms with Crippen LogP contribution in [0.25, 0.3) is 0 Å². The minimum atomic E-state index is -2.99. The number of aryl methyl sites for hydroxylation is 1. The van der Waals surface area contributed by atoms with Gasteiger partial charge in [0.05, 0.1) is 5.75 Å². The molecule has 0 spiro atoms. The third-order valence-corrected chi connectivity index (χ3v) is 2.55. The highest BCUT2D eigenvalue weighted by Gasteiger charge is 2.05. The predicted molar refractivity (Wildman–Crippen MR) is 51.4 cm³/mol. The molecule has 0 aliphatic heterocycles. The molecule has 72 valence electrons. The van der Waals surface area contributed by atoms with Gasteiger partial charge in [-0.3, -0.25) is 0 Å². The molecule has 1 rings (SSSR count). The van der Waals surface area contributed by atoms with Crippen LogP contribution in [0.5, 0.6) is 5.75 Å². The summed E-state index contributed by atoms with van der Waals surface area (Å²) in [5.41, 5.74) is 1.40. The van der Waals surface area contributed by atoms with Crippen molar-refractivity contribution < 1.29 is 13.5 Å². The highest BCUT2D eigenvalue weighted by molar-refractivity contribution is 7.89. The van der Waals surface area contributed by atoms with E-state index in [0.717, 1.165) is 0 Å². The number of rotatable bonds is 2. The normalized spacial score (nSPS) is 11.5. The average molecular weight is 200 g/mol. The van der Waals surface area contributed by atoms with E-state index in [0.29, 0.717) is 11.1 Å². The van der Waals surface area contributed by atoms with E-state index >= 15 is 0 Å². The van der Waals surface area contributed by atoms with E-state index in [9.17, 15) is 13.5 Å². The number of phenolic OH excluding ortho intramolecular Hbond substituents is 1. The van der Waals surface area contributed by atoms with Gasteiger partial charge < -0.3 is 5.11 Å². The Bertz CT molecular complexity index is 407. The molecule has 0 aromatic heterocycles. The fraction of sp³-hybridized carbons (Fsp3) is 0.333. The zero-order valence-corrected chi connectivity index (χ0v) is 8.43. The first kappa shape index (κ1) is 10.1. The maximum absolute atomic E-state index is 10.9. The molecule has 0 aliphatic rings. The average Bonchev–Trinajstić information content (AvgIpc) is 1.94. The molecule has 13 heavy (non-hydrogen) atoms. The number of sulfone groups is 1. The molecule has 0 saturated carbocycles. The van der Waals surface area contributed by atoms with Gasteiger partial charge in [-0.2, -0.15) is 0 Å². The van der Waals surface area contributed by atoms with E-state index in [4.69, 9.17) is 0 Å². The summed E-state index contributed by atoms with van der Waals surface area (Å²) in [7, 11) is -2.99. The summed E-state index contributed by atoms with van der Waals surface area (Å²) < 4.78 is 21.9. The molecule has 1 aromatic carbocycles. The van der Waals surface area contributed by atoms with E-state index < -0.39 is 9.84 Å². The summed E-state index contributed by atoms with van der Waals surface area (Å²) in [6.07, 6.45) is 1.19. The number of phenols is 1. The first-order valence-corrected chi connectivity index (χ1v) is 5.91. The van der Waals surface area contributed by atoms with Crippen LogP contribution in [0.15, 0.2) is 18.2 Å². The molecule has 0 bridgehead atoms. The van der Waals surface area contributed by atoms with Crippen molar-refractivity contribution in [3.05, 3.63) is 29.3 Å². The molecule has 0 aliphatic carbocycles. The van der Waals surface area contributed by atoms with E-state index in [1.54, 1.807) is 19.1 Å². The molecule has 0 unspecified atom stereocenters. The monoisotopic (exact) mass is 200 g/mol. The van der Waals surface area contributed by atoms with Gasteiger partial charge in [-0.25, -0.2) is 8.42 Å². The molecule has 4 heteroatoms. The van der Waals surface area contributed by atoms with Crippen molar-refractivity contribution in [2.75, 3.05) is 6.26 Å². The van der Waals surface area contributed by atoms with Crippen molar-refractivity contribution in [2.45, 2.75) is 12.7 Å². The molecular weight excluding hydrogens is 188 g/mol. The van der Waals surface area contributed by atoms with Gasteiger partial charge in [0.25, 0.3) is 0 Å². The van der Waals surface area contributed by atoms with Gasteiger partial charge in [0.15, 0.2) is 9.84 Å². The van der Waals surface area contributed by atoms with Crippen molar-refractivity contribution in [2.24, 2.45) is 0 Å². The van der Waals surface area contributed by atoms with E-state index in [1.807, 2.05) is 0 Å². The number of hydrogen-bond donors (Lipinski definition) is 1. The van der Waals surface area contributed by atoms with Crippen molar-refractivity contribution >= 4 is 9.84 Å². The Morgan fingerprint density at radius 1 is 1.38 bits per heavy atom. The minimum absolute atomic E-state index is 0.0219. The van der Waals surface area contributed by atoms with Crippen LogP contribution < -0.4 is 0 Å². The number of aromatic hydroxyl groups is 1. The predicted octanol–water partition coefficient (Wildman–Crippen LogP) is 1.25. The lowest BCUT2D eigenvalue weighted by molar-refractivity contribution is 0.471. The zero-order valence-electron chi connectivity index (χ0n) is 7.61. The summed E-state index contributed by atoms with van der Waals surface area (Å²) in [5, 5.41) is 9.19. The second kappa shape index (κ2) is 3.38. The van der Waals surface area contributed by atoms with Gasteiger partial charge in [-0.1, -0.05) is 12.1 Å². The Morgan fingerprint density at radius 3 is 2.46 bits per heavy atom. The lowest BCUT2D eigenvalue weighted by Gasteiger charge is -2.02. The fourth-order valence-electron chi connectivity index (χ4n) is 1.11. The van der Waals surface area contributed by atoms with Gasteiger partial charge in [0, 0.05) is 6.26 Å². The lowest BCUT2D eigenvalue weighted by atomic mass is 10.1. The fourth-order valence-corrected chi connectivity index (χ4v) is 1.90. The molecule has 3 nitrogen and oxygen atoms in total. The molecule has 0 radical (unpaired) electrons. The Hall–Kier alpha value is -1.03. The van der Waals surface area contributed by atoms with Gasteiger partial charge >= 0.3 is 0 Å². The molecule has 0 atom stereocenters. The van der Waals surface area contributed by atoms with Crippen LogP contribution in [0.4, 0.5) is 0 Å². The van der Waals surface area contributed by atoms with Gasteiger partial charge in [0.1, 0.15) is 5.75 Å². The Kier molecular flexibility index (Phi) is 2.61. The Morgan fingerprint density at radius 2 is 2.00 bits per heavy atom. The van der Waals surface area contributed by atoms with Crippen LogP contribution >= 0.6 is 0 Å². The summed E-state index contributed by atoms with van der Waals surface area (Å²) in [6, 6.07) is 4.80. The second-order valence-electron chi connectivity index (χ2n) is 3.19. The van der Waals surface area contributed by atoms with Gasteiger partial charge in [-0.15, -0.1) is 0 Å².